The van der Waals surface area contributed by atoms with Gasteiger partial charge in [0.2, 0.25) is 0 Å². The number of hydrogen-bond donors (Lipinski definition) is 1. The fourth-order valence-corrected chi connectivity index (χ4v) is 4.94. The zero-order valence-corrected chi connectivity index (χ0v) is 22.5. The van der Waals surface area contributed by atoms with E-state index in [-0.39, 0.29) is 31.0 Å². The van der Waals surface area contributed by atoms with Gasteiger partial charge in [-0.25, -0.2) is 4.79 Å². The highest BCUT2D eigenvalue weighted by Gasteiger charge is 2.40. The van der Waals surface area contributed by atoms with Crippen LogP contribution in [-0.4, -0.2) is 65.6 Å². The van der Waals surface area contributed by atoms with Gasteiger partial charge in [0.05, 0.1) is 24.1 Å². The lowest BCUT2D eigenvalue weighted by Crippen LogP contribution is -2.41. The molecule has 1 N–H and O–H groups in total. The summed E-state index contributed by atoms with van der Waals surface area (Å²) in [5.41, 5.74) is -0.930. The van der Waals surface area contributed by atoms with Crippen molar-refractivity contribution in [2.24, 2.45) is 5.92 Å². The number of carbonyl (C=O) groups excluding carboxylic acids is 2. The molecular formula is C27H39F3N2O5. The van der Waals surface area contributed by atoms with Gasteiger partial charge in [-0.3, -0.25) is 4.79 Å². The monoisotopic (exact) mass is 528 g/mol. The Morgan fingerprint density at radius 2 is 1.59 bits per heavy atom. The summed E-state index contributed by atoms with van der Waals surface area (Å²) in [4.78, 5) is 28.6. The van der Waals surface area contributed by atoms with E-state index in [1.165, 1.54) is 11.0 Å². The zero-order valence-electron chi connectivity index (χ0n) is 22.5. The average Bonchev–Trinajstić information content (AvgIpc) is 3.20. The Morgan fingerprint density at radius 3 is 2.11 bits per heavy atom. The third-order valence-corrected chi connectivity index (χ3v) is 6.63. The fraction of sp³-hybridized carbons (Fsp3) is 0.704. The maximum absolute atomic E-state index is 13.6. The number of aliphatic hydroxyl groups excluding tert-OH is 1. The molecule has 1 aromatic carbocycles. The molecule has 2 aliphatic heterocycles. The molecule has 7 nitrogen and oxygen atoms in total. The Labute approximate surface area is 216 Å². The molecule has 1 amide bonds. The first-order valence-electron chi connectivity index (χ1n) is 12.8. The maximum atomic E-state index is 13.6. The maximum Gasteiger partial charge on any atom is 0.416 e. The molecule has 1 aromatic rings. The van der Waals surface area contributed by atoms with Gasteiger partial charge in [-0.15, -0.1) is 0 Å². The highest BCUT2D eigenvalue weighted by atomic mass is 19.4. The molecule has 0 saturated carbocycles. The molecule has 2 fully saturated rings. The second-order valence-corrected chi connectivity index (χ2v) is 12.0. The molecule has 10 heteroatoms. The summed E-state index contributed by atoms with van der Waals surface area (Å²) in [6.45, 7) is 11.4. The number of aliphatic hydroxyl groups is 1. The lowest BCUT2D eigenvalue weighted by molar-refractivity contribution is -0.160. The number of ether oxygens (including phenoxy) is 2. The van der Waals surface area contributed by atoms with E-state index < -0.39 is 35.1 Å². The Bertz CT molecular complexity index is 976. The van der Waals surface area contributed by atoms with Crippen molar-refractivity contribution >= 4 is 17.7 Å². The van der Waals surface area contributed by atoms with E-state index in [2.05, 4.69) is 0 Å². The van der Waals surface area contributed by atoms with E-state index >= 15 is 0 Å². The van der Waals surface area contributed by atoms with Gasteiger partial charge < -0.3 is 24.4 Å². The van der Waals surface area contributed by atoms with Crippen LogP contribution in [0.1, 0.15) is 77.8 Å². The van der Waals surface area contributed by atoms with E-state index in [0.29, 0.717) is 43.6 Å². The van der Waals surface area contributed by atoms with E-state index in [4.69, 9.17) is 9.47 Å². The first-order chi connectivity index (χ1) is 17.0. The summed E-state index contributed by atoms with van der Waals surface area (Å²) in [7, 11) is 0. The molecule has 3 rings (SSSR count). The van der Waals surface area contributed by atoms with Crippen LogP contribution in [0.15, 0.2) is 18.2 Å². The van der Waals surface area contributed by atoms with Crippen LogP contribution >= 0.6 is 0 Å². The van der Waals surface area contributed by atoms with Crippen molar-refractivity contribution in [3.63, 3.8) is 0 Å². The van der Waals surface area contributed by atoms with Crippen molar-refractivity contribution in [3.8, 4) is 0 Å². The van der Waals surface area contributed by atoms with Gasteiger partial charge in [-0.05, 0) is 78.5 Å². The number of nitrogens with zero attached hydrogens (tertiary/aromatic N) is 2. The molecule has 37 heavy (non-hydrogen) atoms. The van der Waals surface area contributed by atoms with Crippen LogP contribution in [0.4, 0.5) is 23.7 Å². The Kier molecular flexibility index (Phi) is 8.41. The summed E-state index contributed by atoms with van der Waals surface area (Å²) in [6.07, 6.45) is -3.71. The smallest absolute Gasteiger partial charge is 0.416 e. The predicted molar refractivity (Wildman–Crippen MR) is 133 cm³/mol. The number of amides is 1. The molecule has 2 heterocycles. The van der Waals surface area contributed by atoms with Crippen molar-refractivity contribution in [3.05, 3.63) is 29.3 Å². The van der Waals surface area contributed by atoms with Gasteiger partial charge in [0.25, 0.3) is 0 Å². The number of halogens is 3. The number of benzene rings is 1. The van der Waals surface area contributed by atoms with Crippen LogP contribution in [0, 0.1) is 5.92 Å². The van der Waals surface area contributed by atoms with Crippen molar-refractivity contribution in [1.29, 1.82) is 0 Å². The first-order valence-corrected chi connectivity index (χ1v) is 12.8. The fourth-order valence-electron chi connectivity index (χ4n) is 4.94. The SMILES string of the molecule is CC(C)(C)OC(=O)C1CCN(c2cc(C(F)(F)F)ccc2[C@@H]2C[C@@H](CO)N(C(=O)OC(C)(C)C)C2)CC1. The van der Waals surface area contributed by atoms with Crippen molar-refractivity contribution in [2.45, 2.75) is 90.1 Å². The predicted octanol–water partition coefficient (Wildman–Crippen LogP) is 5.35. The number of alkyl halides is 3. The Morgan fingerprint density at radius 1 is 1.00 bits per heavy atom. The van der Waals surface area contributed by atoms with Crippen LogP contribution in [-0.2, 0) is 20.4 Å². The molecular weight excluding hydrogens is 489 g/mol. The summed E-state index contributed by atoms with van der Waals surface area (Å²) in [5, 5.41) is 9.93. The van der Waals surface area contributed by atoms with Gasteiger partial charge >= 0.3 is 18.2 Å². The number of rotatable bonds is 4. The third kappa shape index (κ3) is 7.52. The van der Waals surface area contributed by atoms with Gasteiger partial charge in [0.15, 0.2) is 0 Å². The second kappa shape index (κ2) is 10.7. The molecule has 0 bridgehead atoms. The van der Waals surface area contributed by atoms with Crippen LogP contribution in [0.2, 0.25) is 0 Å². The van der Waals surface area contributed by atoms with E-state index in [0.717, 1.165) is 12.1 Å². The molecule has 208 valence electrons. The van der Waals surface area contributed by atoms with Crippen LogP contribution in [0.5, 0.6) is 0 Å². The summed E-state index contributed by atoms with van der Waals surface area (Å²) in [6, 6.07) is 3.22. The van der Waals surface area contributed by atoms with E-state index in [1.807, 2.05) is 4.90 Å². The first kappa shape index (κ1) is 29.1. The number of carbonyl (C=O) groups is 2. The molecule has 0 unspecified atom stereocenters. The average molecular weight is 529 g/mol. The van der Waals surface area contributed by atoms with Crippen LogP contribution < -0.4 is 4.90 Å². The molecule has 2 saturated heterocycles. The Hall–Kier alpha value is -2.49. The highest BCUT2D eigenvalue weighted by molar-refractivity contribution is 5.73. The van der Waals surface area contributed by atoms with E-state index in [1.54, 1.807) is 41.5 Å². The van der Waals surface area contributed by atoms with Gasteiger partial charge in [-0.1, -0.05) is 6.07 Å². The summed E-state index contributed by atoms with van der Waals surface area (Å²) >= 11 is 0. The zero-order chi connectivity index (χ0) is 27.8. The molecule has 0 aromatic heterocycles. The quantitative estimate of drug-likeness (QED) is 0.531. The number of hydrogen-bond acceptors (Lipinski definition) is 6. The van der Waals surface area contributed by atoms with E-state index in [9.17, 15) is 27.9 Å². The number of piperidine rings is 1. The van der Waals surface area contributed by atoms with Crippen molar-refractivity contribution in [1.82, 2.24) is 4.90 Å². The minimum Gasteiger partial charge on any atom is -0.460 e. The van der Waals surface area contributed by atoms with Crippen molar-refractivity contribution in [2.75, 3.05) is 31.1 Å². The van der Waals surface area contributed by atoms with Gasteiger partial charge in [0, 0.05) is 31.2 Å². The topological polar surface area (TPSA) is 79.3 Å². The van der Waals surface area contributed by atoms with Gasteiger partial charge in [-0.2, -0.15) is 13.2 Å². The minimum atomic E-state index is -4.51. The molecule has 0 radical (unpaired) electrons. The van der Waals surface area contributed by atoms with Crippen LogP contribution in [0.3, 0.4) is 0 Å². The molecule has 2 atom stereocenters. The number of esters is 1. The van der Waals surface area contributed by atoms with Gasteiger partial charge in [0.1, 0.15) is 11.2 Å². The third-order valence-electron chi connectivity index (χ3n) is 6.63. The lowest BCUT2D eigenvalue weighted by atomic mass is 9.90. The normalized spacial score (nSPS) is 21.8. The van der Waals surface area contributed by atoms with Crippen molar-refractivity contribution < 1.29 is 37.3 Å². The largest absolute Gasteiger partial charge is 0.460 e. The number of likely N-dealkylation sites (tertiary alicyclic amines) is 1. The Balaban J connectivity index is 1.85. The molecule has 0 spiro atoms. The standard InChI is InChI=1S/C27H39F3N2O5/c1-25(2,3)36-23(34)17-9-11-31(12-10-17)22-14-19(27(28,29)30)7-8-21(22)18-13-20(16-33)32(15-18)24(35)37-26(4,5)6/h7-8,14,17-18,20,33H,9-13,15-16H2,1-6H3/t18-,20+/m1/s1. The molecule has 2 aliphatic rings. The second-order valence-electron chi connectivity index (χ2n) is 12.0. The van der Waals surface area contributed by atoms with Crippen LogP contribution in [0.25, 0.3) is 0 Å². The molecule has 0 aliphatic carbocycles. The minimum absolute atomic E-state index is 0.229. The highest BCUT2D eigenvalue weighted by Crippen LogP contribution is 2.41. The number of anilines is 1. The lowest BCUT2D eigenvalue weighted by Gasteiger charge is -2.36. The summed E-state index contributed by atoms with van der Waals surface area (Å²) in [5.74, 6) is -0.867. The summed E-state index contributed by atoms with van der Waals surface area (Å²) < 4.78 is 51.9.